The second-order valence-electron chi connectivity index (χ2n) is 3.37. The van der Waals surface area contributed by atoms with E-state index in [0.717, 1.165) is 11.4 Å². The van der Waals surface area contributed by atoms with Crippen molar-refractivity contribution in [1.29, 1.82) is 0 Å². The van der Waals surface area contributed by atoms with Gasteiger partial charge in [-0.25, -0.2) is 0 Å². The molecular formula is C12H12N4S. The molecule has 0 unspecified atom stereocenters. The summed E-state index contributed by atoms with van der Waals surface area (Å²) in [4.78, 5) is 0. The molecule has 0 fully saturated rings. The molecule has 2 aromatic rings. The van der Waals surface area contributed by atoms with Crippen LogP contribution in [0.5, 0.6) is 0 Å². The Morgan fingerprint density at radius 3 is 2.71 bits per heavy atom. The number of aromatic nitrogens is 1. The summed E-state index contributed by atoms with van der Waals surface area (Å²) in [6.07, 6.45) is 3.64. The second kappa shape index (κ2) is 5.27. The molecule has 0 aliphatic rings. The van der Waals surface area contributed by atoms with E-state index in [0.29, 0.717) is 0 Å². The smallest absolute Gasteiger partial charge is 0.184 e. The summed E-state index contributed by atoms with van der Waals surface area (Å²) >= 11 is 4.66. The van der Waals surface area contributed by atoms with Crippen molar-refractivity contribution in [3.05, 3.63) is 54.4 Å². The molecule has 4 nitrogen and oxygen atoms in total. The first-order valence-corrected chi connectivity index (χ1v) is 5.49. The summed E-state index contributed by atoms with van der Waals surface area (Å²) in [6, 6.07) is 13.9. The zero-order chi connectivity index (χ0) is 12.1. The van der Waals surface area contributed by atoms with Gasteiger partial charge in [-0.2, -0.15) is 5.10 Å². The first-order chi connectivity index (χ1) is 8.27. The van der Waals surface area contributed by atoms with Gasteiger partial charge in [0, 0.05) is 11.9 Å². The van der Waals surface area contributed by atoms with Gasteiger partial charge in [-0.3, -0.25) is 5.43 Å². The third-order valence-corrected chi connectivity index (χ3v) is 2.28. The van der Waals surface area contributed by atoms with Crippen LogP contribution in [-0.2, 0) is 0 Å². The van der Waals surface area contributed by atoms with Gasteiger partial charge < -0.3 is 10.3 Å². The fourth-order valence-corrected chi connectivity index (χ4v) is 1.54. The maximum atomic E-state index is 5.28. The molecule has 0 saturated heterocycles. The van der Waals surface area contributed by atoms with Gasteiger partial charge in [0.2, 0.25) is 0 Å². The van der Waals surface area contributed by atoms with Crippen molar-refractivity contribution in [3.63, 3.8) is 0 Å². The molecule has 86 valence electrons. The summed E-state index contributed by atoms with van der Waals surface area (Å²) in [5.74, 6) is 0. The molecule has 1 aromatic carbocycles. The van der Waals surface area contributed by atoms with E-state index in [4.69, 9.17) is 5.73 Å². The van der Waals surface area contributed by atoms with E-state index in [9.17, 15) is 0 Å². The number of thiocarbonyl (C=S) groups is 1. The van der Waals surface area contributed by atoms with Crippen molar-refractivity contribution in [1.82, 2.24) is 9.99 Å². The van der Waals surface area contributed by atoms with E-state index in [2.05, 4.69) is 22.7 Å². The molecule has 0 amide bonds. The number of rotatable bonds is 3. The molecule has 0 bridgehead atoms. The molecule has 0 saturated carbocycles. The van der Waals surface area contributed by atoms with Crippen molar-refractivity contribution in [2.45, 2.75) is 0 Å². The van der Waals surface area contributed by atoms with Crippen molar-refractivity contribution < 1.29 is 0 Å². The Kier molecular flexibility index (Phi) is 3.52. The Hall–Kier alpha value is -2.14. The molecule has 1 heterocycles. The van der Waals surface area contributed by atoms with Gasteiger partial charge in [-0.05, 0) is 36.5 Å². The summed E-state index contributed by atoms with van der Waals surface area (Å²) < 4.78 is 2.02. The number of benzene rings is 1. The van der Waals surface area contributed by atoms with Crippen LogP contribution in [0.2, 0.25) is 0 Å². The zero-order valence-electron chi connectivity index (χ0n) is 9.08. The standard InChI is InChI=1S/C12H12N4S/c13-12(17)15-14-9-11-7-4-8-16(11)10-5-2-1-3-6-10/h1-9H,(H3,13,15,17)/b14-9+. The molecule has 3 N–H and O–H groups in total. The maximum absolute atomic E-state index is 5.28. The average Bonchev–Trinajstić information content (AvgIpc) is 2.78. The molecule has 1 aromatic heterocycles. The Morgan fingerprint density at radius 2 is 2.00 bits per heavy atom. The van der Waals surface area contributed by atoms with Gasteiger partial charge in [-0.1, -0.05) is 18.2 Å². The van der Waals surface area contributed by atoms with Gasteiger partial charge in [0.25, 0.3) is 0 Å². The molecule has 5 heteroatoms. The van der Waals surface area contributed by atoms with Crippen LogP contribution in [0.3, 0.4) is 0 Å². The largest absolute Gasteiger partial charge is 0.375 e. The van der Waals surface area contributed by atoms with Crippen LogP contribution in [0.1, 0.15) is 5.69 Å². The van der Waals surface area contributed by atoms with Gasteiger partial charge in [0.05, 0.1) is 11.9 Å². The molecule has 0 radical (unpaired) electrons. The van der Waals surface area contributed by atoms with Crippen LogP contribution in [0, 0.1) is 0 Å². The number of para-hydroxylation sites is 1. The van der Waals surface area contributed by atoms with E-state index in [1.54, 1.807) is 6.21 Å². The predicted octanol–water partition coefficient (Wildman–Crippen LogP) is 1.64. The minimum atomic E-state index is 0.152. The summed E-state index contributed by atoms with van der Waals surface area (Å²) in [5, 5.41) is 4.09. The van der Waals surface area contributed by atoms with E-state index >= 15 is 0 Å². The van der Waals surface area contributed by atoms with Crippen LogP contribution in [-0.4, -0.2) is 15.9 Å². The SMILES string of the molecule is NC(=S)N/N=C/c1cccn1-c1ccccc1. The highest BCUT2D eigenvalue weighted by Gasteiger charge is 1.99. The van der Waals surface area contributed by atoms with Crippen LogP contribution in [0.4, 0.5) is 0 Å². The number of hydrogen-bond acceptors (Lipinski definition) is 2. The summed E-state index contributed by atoms with van der Waals surface area (Å²) in [6.45, 7) is 0. The summed E-state index contributed by atoms with van der Waals surface area (Å²) in [7, 11) is 0. The predicted molar refractivity (Wildman–Crippen MR) is 73.3 cm³/mol. The Labute approximate surface area is 105 Å². The first kappa shape index (κ1) is 11.3. The lowest BCUT2D eigenvalue weighted by Gasteiger charge is -2.05. The van der Waals surface area contributed by atoms with Crippen LogP contribution < -0.4 is 11.2 Å². The van der Waals surface area contributed by atoms with Crippen molar-refractivity contribution in [3.8, 4) is 5.69 Å². The molecule has 0 atom stereocenters. The lowest BCUT2D eigenvalue weighted by Crippen LogP contribution is -2.24. The monoisotopic (exact) mass is 244 g/mol. The normalized spacial score (nSPS) is 10.6. The average molecular weight is 244 g/mol. The van der Waals surface area contributed by atoms with Gasteiger partial charge in [0.15, 0.2) is 5.11 Å². The highest BCUT2D eigenvalue weighted by molar-refractivity contribution is 7.80. The molecule has 0 aliphatic carbocycles. The second-order valence-corrected chi connectivity index (χ2v) is 3.81. The van der Waals surface area contributed by atoms with E-state index < -0.39 is 0 Å². The zero-order valence-corrected chi connectivity index (χ0v) is 9.89. The first-order valence-electron chi connectivity index (χ1n) is 5.08. The highest BCUT2D eigenvalue weighted by Crippen LogP contribution is 2.10. The number of hydrogen-bond donors (Lipinski definition) is 2. The third-order valence-electron chi connectivity index (χ3n) is 2.19. The van der Waals surface area contributed by atoms with E-state index in [1.165, 1.54) is 0 Å². The summed E-state index contributed by atoms with van der Waals surface area (Å²) in [5.41, 5.74) is 9.83. The van der Waals surface area contributed by atoms with Crippen LogP contribution in [0.25, 0.3) is 5.69 Å². The molecule has 2 rings (SSSR count). The van der Waals surface area contributed by atoms with Crippen molar-refractivity contribution in [2.24, 2.45) is 10.8 Å². The number of hydrazone groups is 1. The minimum absolute atomic E-state index is 0.152. The van der Waals surface area contributed by atoms with E-state index in [1.807, 2.05) is 53.2 Å². The van der Waals surface area contributed by atoms with Gasteiger partial charge in [0.1, 0.15) is 0 Å². The molecule has 17 heavy (non-hydrogen) atoms. The van der Waals surface area contributed by atoms with E-state index in [-0.39, 0.29) is 5.11 Å². The number of nitrogens with zero attached hydrogens (tertiary/aromatic N) is 2. The topological polar surface area (TPSA) is 55.3 Å². The van der Waals surface area contributed by atoms with Crippen LogP contribution >= 0.6 is 12.2 Å². The Balaban J connectivity index is 2.23. The van der Waals surface area contributed by atoms with Crippen molar-refractivity contribution >= 4 is 23.5 Å². The van der Waals surface area contributed by atoms with Gasteiger partial charge in [-0.15, -0.1) is 0 Å². The number of nitrogens with two attached hydrogens (primary N) is 1. The van der Waals surface area contributed by atoms with Gasteiger partial charge >= 0.3 is 0 Å². The quantitative estimate of drug-likeness (QED) is 0.490. The fraction of sp³-hybridized carbons (Fsp3) is 0. The highest BCUT2D eigenvalue weighted by atomic mass is 32.1. The lowest BCUT2D eigenvalue weighted by atomic mass is 10.3. The number of nitrogens with one attached hydrogen (secondary N) is 1. The molecular weight excluding hydrogens is 232 g/mol. The third kappa shape index (κ3) is 2.92. The molecule has 0 aliphatic heterocycles. The Morgan fingerprint density at radius 1 is 1.24 bits per heavy atom. The van der Waals surface area contributed by atoms with Crippen molar-refractivity contribution in [2.75, 3.05) is 0 Å². The Bertz CT molecular complexity index is 530. The maximum Gasteiger partial charge on any atom is 0.184 e. The minimum Gasteiger partial charge on any atom is -0.375 e. The fourth-order valence-electron chi connectivity index (χ4n) is 1.49. The lowest BCUT2D eigenvalue weighted by molar-refractivity contribution is 1.02. The molecule has 0 spiro atoms. The van der Waals surface area contributed by atoms with Crippen LogP contribution in [0.15, 0.2) is 53.8 Å².